The lowest BCUT2D eigenvalue weighted by atomic mass is 9.44. The maximum Gasteiger partial charge on any atom is 0.335 e. The number of aliphatic hydroxyl groups excluding tert-OH is 5. The van der Waals surface area contributed by atoms with Crippen molar-refractivity contribution >= 4 is 11.8 Å². The summed E-state index contributed by atoms with van der Waals surface area (Å²) in [6.45, 7) is 4.07. The molecule has 5 fully saturated rings. The van der Waals surface area contributed by atoms with Crippen molar-refractivity contribution in [2.45, 2.75) is 108 Å². The van der Waals surface area contributed by atoms with Gasteiger partial charge in [-0.2, -0.15) is 0 Å². The van der Waals surface area contributed by atoms with Crippen LogP contribution < -0.4 is 0 Å². The highest BCUT2D eigenvalue weighted by Gasteiger charge is 2.64. The van der Waals surface area contributed by atoms with Crippen LogP contribution >= 0.6 is 0 Å². The Bertz CT molecular complexity index is 896. The second-order valence-corrected chi connectivity index (χ2v) is 12.9. The highest BCUT2D eigenvalue weighted by atomic mass is 16.7. The lowest BCUT2D eigenvalue weighted by molar-refractivity contribution is -0.309. The predicted octanol–water partition coefficient (Wildman–Crippen LogP) is 0.455. The number of carboxylic acid groups (broad SMARTS) is 1. The molecule has 0 aromatic rings. The molecule has 14 atom stereocenters. The Morgan fingerprint density at radius 1 is 1.05 bits per heavy atom. The van der Waals surface area contributed by atoms with Crippen molar-refractivity contribution in [1.29, 1.82) is 0 Å². The maximum absolute atomic E-state index is 13.8. The second-order valence-electron chi connectivity index (χ2n) is 12.9. The third-order valence-corrected chi connectivity index (χ3v) is 11.2. The van der Waals surface area contributed by atoms with Gasteiger partial charge in [0.1, 0.15) is 24.1 Å². The molecule has 5 aliphatic rings. The zero-order valence-corrected chi connectivity index (χ0v) is 21.6. The van der Waals surface area contributed by atoms with Gasteiger partial charge in [-0.05, 0) is 79.4 Å². The van der Waals surface area contributed by atoms with E-state index < -0.39 is 42.8 Å². The van der Waals surface area contributed by atoms with Crippen LogP contribution in [0.15, 0.2) is 0 Å². The number of carbonyl (C=O) groups excluding carboxylic acids is 1. The first-order chi connectivity index (χ1) is 17.4. The summed E-state index contributed by atoms with van der Waals surface area (Å²) in [6.07, 6.45) is -3.13. The summed E-state index contributed by atoms with van der Waals surface area (Å²) in [6, 6.07) is 0. The SMILES string of the molecule is C[C@]12CC[C@@H](O[C@@H]3O[C@@H](C(=O)O)[C@@H](O)[C@H](O)[C@H]3O)C[C@@H]1CC[C@H]1[C@@H]3CC[C@H]([C@@H](O)CO)[C@@]3(C)CC(=O)[C@@H]12. The van der Waals surface area contributed by atoms with E-state index in [0.717, 1.165) is 32.1 Å². The topological polar surface area (TPSA) is 174 Å². The molecule has 1 saturated heterocycles. The van der Waals surface area contributed by atoms with E-state index in [2.05, 4.69) is 13.8 Å². The second kappa shape index (κ2) is 9.80. The van der Waals surface area contributed by atoms with Gasteiger partial charge in [-0.1, -0.05) is 13.8 Å². The standard InChI is InChI=1S/C27H42O10/c1-26-8-7-13(36-25-22(33)20(31)21(32)23(37-25)24(34)35)9-12(26)3-4-14-15-5-6-16(18(30)11-28)27(15,2)10-17(29)19(14)26/h12-16,18-23,25,28,30-33H,3-11H2,1-2H3,(H,34,35)/t12-,13+,14-,15-,16+,18-,19+,20-,21-,22+,23+,25+,26-,27-/m0/s1. The summed E-state index contributed by atoms with van der Waals surface area (Å²) in [5, 5.41) is 59.8. The molecule has 4 saturated carbocycles. The molecule has 1 heterocycles. The molecule has 1 aliphatic heterocycles. The molecule has 0 aromatic heterocycles. The van der Waals surface area contributed by atoms with Crippen LogP contribution in [0.3, 0.4) is 0 Å². The summed E-state index contributed by atoms with van der Waals surface area (Å²) in [7, 11) is 0. The number of aliphatic hydroxyl groups is 5. The van der Waals surface area contributed by atoms with Crippen LogP contribution in [0.2, 0.25) is 0 Å². The molecule has 0 aromatic carbocycles. The van der Waals surface area contributed by atoms with E-state index >= 15 is 0 Å². The smallest absolute Gasteiger partial charge is 0.335 e. The number of fused-ring (bicyclic) bond motifs is 5. The van der Waals surface area contributed by atoms with Crippen molar-refractivity contribution in [1.82, 2.24) is 0 Å². The fourth-order valence-corrected chi connectivity index (χ4v) is 9.31. The summed E-state index contributed by atoms with van der Waals surface area (Å²) >= 11 is 0. The molecule has 0 radical (unpaired) electrons. The number of Topliss-reactive ketones (excluding diaryl/α,β-unsaturated/α-hetero) is 1. The Labute approximate surface area is 217 Å². The molecule has 10 heteroatoms. The molecule has 0 bridgehead atoms. The van der Waals surface area contributed by atoms with E-state index in [0.29, 0.717) is 25.2 Å². The van der Waals surface area contributed by atoms with Gasteiger partial charge in [0, 0.05) is 12.3 Å². The minimum Gasteiger partial charge on any atom is -0.479 e. The summed E-state index contributed by atoms with van der Waals surface area (Å²) in [5.41, 5.74) is -0.481. The molecule has 210 valence electrons. The molecule has 0 unspecified atom stereocenters. The van der Waals surface area contributed by atoms with Crippen LogP contribution in [-0.4, -0.2) is 91.9 Å². The van der Waals surface area contributed by atoms with E-state index in [-0.39, 0.29) is 53.0 Å². The highest BCUT2D eigenvalue weighted by molar-refractivity contribution is 5.84. The van der Waals surface area contributed by atoms with Crippen molar-refractivity contribution in [2.24, 2.45) is 40.4 Å². The first kappa shape index (κ1) is 27.4. The van der Waals surface area contributed by atoms with Crippen molar-refractivity contribution in [3.05, 3.63) is 0 Å². The molecule has 0 amide bonds. The first-order valence-corrected chi connectivity index (χ1v) is 13.8. The van der Waals surface area contributed by atoms with Gasteiger partial charge in [0.05, 0.1) is 18.8 Å². The van der Waals surface area contributed by atoms with Crippen molar-refractivity contribution < 1.29 is 49.7 Å². The first-order valence-electron chi connectivity index (χ1n) is 13.8. The monoisotopic (exact) mass is 526 g/mol. The van der Waals surface area contributed by atoms with Crippen molar-refractivity contribution in [2.75, 3.05) is 6.61 Å². The van der Waals surface area contributed by atoms with E-state index in [9.17, 15) is 40.2 Å². The quantitative estimate of drug-likeness (QED) is 0.276. The van der Waals surface area contributed by atoms with Gasteiger partial charge in [-0.3, -0.25) is 4.79 Å². The number of ketones is 1. The Morgan fingerprint density at radius 2 is 1.78 bits per heavy atom. The van der Waals surface area contributed by atoms with Crippen molar-refractivity contribution in [3.63, 3.8) is 0 Å². The highest BCUT2D eigenvalue weighted by Crippen LogP contribution is 2.67. The average Bonchev–Trinajstić information content (AvgIpc) is 3.19. The van der Waals surface area contributed by atoms with Gasteiger partial charge in [-0.25, -0.2) is 4.79 Å². The Morgan fingerprint density at radius 3 is 2.46 bits per heavy atom. The summed E-state index contributed by atoms with van der Waals surface area (Å²) in [5.74, 6) is -0.470. The third-order valence-electron chi connectivity index (χ3n) is 11.2. The van der Waals surface area contributed by atoms with E-state index in [4.69, 9.17) is 9.47 Å². The predicted molar refractivity (Wildman–Crippen MR) is 128 cm³/mol. The van der Waals surface area contributed by atoms with E-state index in [1.54, 1.807) is 0 Å². The lowest BCUT2D eigenvalue weighted by Gasteiger charge is -2.60. The van der Waals surface area contributed by atoms with Crippen LogP contribution in [0, 0.1) is 40.4 Å². The summed E-state index contributed by atoms with van der Waals surface area (Å²) < 4.78 is 11.3. The average molecular weight is 527 g/mol. The fraction of sp³-hybridized carbons (Fsp3) is 0.926. The number of carboxylic acids is 1. The van der Waals surface area contributed by atoms with Crippen LogP contribution in [-0.2, 0) is 19.1 Å². The number of rotatable bonds is 5. The molecular weight excluding hydrogens is 484 g/mol. The van der Waals surface area contributed by atoms with Crippen LogP contribution in [0.1, 0.15) is 65.2 Å². The number of hydrogen-bond acceptors (Lipinski definition) is 9. The molecule has 0 spiro atoms. The van der Waals surface area contributed by atoms with Crippen LogP contribution in [0.5, 0.6) is 0 Å². The lowest BCUT2D eigenvalue weighted by Crippen LogP contribution is -2.61. The van der Waals surface area contributed by atoms with Crippen molar-refractivity contribution in [3.8, 4) is 0 Å². The van der Waals surface area contributed by atoms with Gasteiger partial charge >= 0.3 is 5.97 Å². The largest absolute Gasteiger partial charge is 0.479 e. The molecule has 5 rings (SSSR count). The summed E-state index contributed by atoms with van der Waals surface area (Å²) in [4.78, 5) is 25.2. The molecule has 6 N–H and O–H groups in total. The van der Waals surface area contributed by atoms with Gasteiger partial charge < -0.3 is 40.1 Å². The Kier molecular flexibility index (Phi) is 7.26. The van der Waals surface area contributed by atoms with Gasteiger partial charge in [0.2, 0.25) is 0 Å². The Balaban J connectivity index is 1.29. The Hall–Kier alpha value is -1.14. The zero-order valence-electron chi connectivity index (χ0n) is 21.6. The molecule has 10 nitrogen and oxygen atoms in total. The number of carbonyl (C=O) groups is 2. The molecular formula is C27H42O10. The normalized spacial score (nSPS) is 52.6. The van der Waals surface area contributed by atoms with Gasteiger partial charge in [0.15, 0.2) is 12.4 Å². The minimum absolute atomic E-state index is 0.0554. The minimum atomic E-state index is -1.76. The fourth-order valence-electron chi connectivity index (χ4n) is 9.31. The number of ether oxygens (including phenoxy) is 2. The number of hydrogen-bond donors (Lipinski definition) is 6. The zero-order chi connectivity index (χ0) is 26.9. The maximum atomic E-state index is 13.8. The molecule has 4 aliphatic carbocycles. The van der Waals surface area contributed by atoms with Gasteiger partial charge in [0.25, 0.3) is 0 Å². The van der Waals surface area contributed by atoms with Crippen LogP contribution in [0.25, 0.3) is 0 Å². The third kappa shape index (κ3) is 4.27. The molecule has 37 heavy (non-hydrogen) atoms. The van der Waals surface area contributed by atoms with Gasteiger partial charge in [-0.15, -0.1) is 0 Å². The van der Waals surface area contributed by atoms with E-state index in [1.165, 1.54) is 0 Å². The van der Waals surface area contributed by atoms with E-state index in [1.807, 2.05) is 0 Å². The van der Waals surface area contributed by atoms with Crippen LogP contribution in [0.4, 0.5) is 0 Å². The number of aliphatic carboxylic acids is 1.